The fourth-order valence-corrected chi connectivity index (χ4v) is 2.83. The first-order valence-electron chi connectivity index (χ1n) is 6.63. The molecule has 92 valence electrons. The Kier molecular flexibility index (Phi) is 2.27. The highest BCUT2D eigenvalue weighted by Gasteiger charge is 2.11. The number of hydrogen-bond donors (Lipinski definition) is 1. The number of nitrogens with one attached hydrogen (secondary N) is 1. The average molecular weight is 246 g/mol. The lowest BCUT2D eigenvalue weighted by Crippen LogP contribution is -1.90. The molecule has 19 heavy (non-hydrogen) atoms. The largest absolute Gasteiger partial charge is 0.384 e. The molecule has 0 fully saturated rings. The lowest BCUT2D eigenvalue weighted by Gasteiger charge is -2.08. The molecular formula is C17H14N2. The van der Waals surface area contributed by atoms with Crippen molar-refractivity contribution in [3.05, 3.63) is 60.3 Å². The molecule has 0 radical (unpaired) electrons. The van der Waals surface area contributed by atoms with Gasteiger partial charge >= 0.3 is 0 Å². The highest BCUT2D eigenvalue weighted by atomic mass is 14.9. The minimum atomic E-state index is 1.05. The minimum absolute atomic E-state index is 1.05. The smallest absolute Gasteiger partial charge is 0.0708 e. The number of pyridine rings is 1. The van der Waals surface area contributed by atoms with Crippen LogP contribution in [0.4, 0.5) is 5.69 Å². The van der Waals surface area contributed by atoms with Gasteiger partial charge in [0.1, 0.15) is 0 Å². The van der Waals surface area contributed by atoms with Crippen LogP contribution in [0.25, 0.3) is 22.0 Å². The predicted molar refractivity (Wildman–Crippen MR) is 79.4 cm³/mol. The molecule has 0 saturated carbocycles. The number of anilines is 1. The van der Waals surface area contributed by atoms with Crippen molar-refractivity contribution in [1.29, 1.82) is 0 Å². The van der Waals surface area contributed by atoms with E-state index in [4.69, 9.17) is 0 Å². The summed E-state index contributed by atoms with van der Waals surface area (Å²) in [6.07, 6.45) is 2.96. The summed E-state index contributed by atoms with van der Waals surface area (Å²) in [5.41, 5.74) is 6.29. The van der Waals surface area contributed by atoms with Crippen molar-refractivity contribution in [2.45, 2.75) is 6.42 Å². The molecule has 1 aliphatic rings. The van der Waals surface area contributed by atoms with E-state index in [-0.39, 0.29) is 0 Å². The Balaban J connectivity index is 1.95. The summed E-state index contributed by atoms with van der Waals surface area (Å²) in [4.78, 5) is 4.43. The summed E-state index contributed by atoms with van der Waals surface area (Å²) in [6.45, 7) is 1.05. The Labute approximate surface area is 112 Å². The number of nitrogens with zero attached hydrogens (tertiary/aromatic N) is 1. The van der Waals surface area contributed by atoms with Gasteiger partial charge in [-0.25, -0.2) is 0 Å². The van der Waals surface area contributed by atoms with E-state index in [1.165, 1.54) is 27.8 Å². The van der Waals surface area contributed by atoms with Crippen molar-refractivity contribution in [3.8, 4) is 11.1 Å². The van der Waals surface area contributed by atoms with E-state index in [1.54, 1.807) is 0 Å². The monoisotopic (exact) mass is 246 g/mol. The number of aromatic nitrogens is 1. The molecule has 0 atom stereocenters. The maximum absolute atomic E-state index is 4.43. The molecule has 2 heteroatoms. The molecule has 3 aromatic rings. The van der Waals surface area contributed by atoms with Crippen LogP contribution in [0.5, 0.6) is 0 Å². The molecule has 1 N–H and O–H groups in total. The quantitative estimate of drug-likeness (QED) is 0.705. The molecule has 2 aromatic carbocycles. The van der Waals surface area contributed by atoms with Crippen LogP contribution in [0.1, 0.15) is 5.56 Å². The molecule has 0 amide bonds. The molecule has 1 aromatic heterocycles. The van der Waals surface area contributed by atoms with E-state index < -0.39 is 0 Å². The van der Waals surface area contributed by atoms with E-state index in [0.717, 1.165) is 18.5 Å². The van der Waals surface area contributed by atoms with Gasteiger partial charge in [-0.3, -0.25) is 4.98 Å². The number of hydrogen-bond acceptors (Lipinski definition) is 2. The van der Waals surface area contributed by atoms with E-state index in [0.29, 0.717) is 0 Å². The second kappa shape index (κ2) is 4.09. The minimum Gasteiger partial charge on any atom is -0.384 e. The summed E-state index contributed by atoms with van der Waals surface area (Å²) in [7, 11) is 0. The third-order valence-corrected chi connectivity index (χ3v) is 3.77. The molecule has 4 rings (SSSR count). The molecule has 1 aliphatic heterocycles. The van der Waals surface area contributed by atoms with Gasteiger partial charge in [0.25, 0.3) is 0 Å². The fraction of sp³-hybridized carbons (Fsp3) is 0.118. The Morgan fingerprint density at radius 2 is 2.00 bits per heavy atom. The molecule has 2 nitrogen and oxygen atoms in total. The van der Waals surface area contributed by atoms with Crippen molar-refractivity contribution in [1.82, 2.24) is 4.98 Å². The number of benzene rings is 2. The van der Waals surface area contributed by atoms with Gasteiger partial charge in [-0.2, -0.15) is 0 Å². The predicted octanol–water partition coefficient (Wildman–Crippen LogP) is 3.87. The Morgan fingerprint density at radius 1 is 1.00 bits per heavy atom. The van der Waals surface area contributed by atoms with Crippen LogP contribution in [0.15, 0.2) is 54.7 Å². The maximum atomic E-state index is 4.43. The second-order valence-electron chi connectivity index (χ2n) is 4.92. The molecule has 0 aliphatic carbocycles. The summed E-state index contributed by atoms with van der Waals surface area (Å²) in [6, 6.07) is 17.1. The van der Waals surface area contributed by atoms with Crippen molar-refractivity contribution in [3.63, 3.8) is 0 Å². The Hall–Kier alpha value is -2.35. The van der Waals surface area contributed by atoms with Crippen LogP contribution in [0, 0.1) is 0 Å². The fourth-order valence-electron chi connectivity index (χ4n) is 2.83. The van der Waals surface area contributed by atoms with Crippen molar-refractivity contribution in [2.24, 2.45) is 0 Å². The van der Waals surface area contributed by atoms with Gasteiger partial charge in [0.05, 0.1) is 5.52 Å². The lowest BCUT2D eigenvalue weighted by molar-refractivity contribution is 1.11. The summed E-state index contributed by atoms with van der Waals surface area (Å²) in [5.74, 6) is 0. The zero-order valence-corrected chi connectivity index (χ0v) is 10.6. The zero-order chi connectivity index (χ0) is 12.7. The van der Waals surface area contributed by atoms with Gasteiger partial charge in [0, 0.05) is 23.8 Å². The van der Waals surface area contributed by atoms with Gasteiger partial charge < -0.3 is 5.32 Å². The van der Waals surface area contributed by atoms with Gasteiger partial charge in [-0.15, -0.1) is 0 Å². The first-order chi connectivity index (χ1) is 9.42. The van der Waals surface area contributed by atoms with Crippen LogP contribution in [0.3, 0.4) is 0 Å². The van der Waals surface area contributed by atoms with Gasteiger partial charge in [-0.05, 0) is 47.4 Å². The molecule has 0 unspecified atom stereocenters. The molecular weight excluding hydrogens is 232 g/mol. The first-order valence-corrected chi connectivity index (χ1v) is 6.63. The van der Waals surface area contributed by atoms with Gasteiger partial charge in [0.15, 0.2) is 0 Å². The first kappa shape index (κ1) is 10.6. The van der Waals surface area contributed by atoms with Crippen LogP contribution in [-0.4, -0.2) is 11.5 Å². The van der Waals surface area contributed by atoms with E-state index in [9.17, 15) is 0 Å². The third kappa shape index (κ3) is 1.68. The van der Waals surface area contributed by atoms with Crippen molar-refractivity contribution >= 4 is 16.6 Å². The summed E-state index contributed by atoms with van der Waals surface area (Å²) >= 11 is 0. The Bertz CT molecular complexity index is 757. The van der Waals surface area contributed by atoms with Gasteiger partial charge in [0.2, 0.25) is 0 Å². The normalized spacial score (nSPS) is 13.3. The van der Waals surface area contributed by atoms with Crippen molar-refractivity contribution in [2.75, 3.05) is 11.9 Å². The van der Waals surface area contributed by atoms with Crippen molar-refractivity contribution < 1.29 is 0 Å². The molecule has 0 spiro atoms. The molecule has 2 heterocycles. The summed E-state index contributed by atoms with van der Waals surface area (Å²) in [5, 5.41) is 4.62. The molecule has 0 bridgehead atoms. The highest BCUT2D eigenvalue weighted by molar-refractivity contribution is 5.94. The number of fused-ring (bicyclic) bond motifs is 2. The zero-order valence-electron chi connectivity index (χ0n) is 10.6. The van der Waals surface area contributed by atoms with Crippen LogP contribution in [-0.2, 0) is 6.42 Å². The topological polar surface area (TPSA) is 24.9 Å². The average Bonchev–Trinajstić information content (AvgIpc) is 2.94. The standard InChI is InChI=1S/C17H14N2/c1-3-14(15-4-2-9-18-17(15)5-1)12-6-7-16-13(11-12)8-10-19-16/h1-7,9,11,19H,8,10H2. The SMILES string of the molecule is c1cc(-c2ccc3c(c2)CCN3)c2cccnc2c1. The van der Waals surface area contributed by atoms with Crippen LogP contribution < -0.4 is 5.32 Å². The third-order valence-electron chi connectivity index (χ3n) is 3.77. The van der Waals surface area contributed by atoms with E-state index in [2.05, 4.69) is 52.8 Å². The maximum Gasteiger partial charge on any atom is 0.0708 e. The van der Waals surface area contributed by atoms with E-state index >= 15 is 0 Å². The van der Waals surface area contributed by atoms with Crippen LogP contribution >= 0.6 is 0 Å². The number of rotatable bonds is 1. The molecule has 0 saturated heterocycles. The highest BCUT2D eigenvalue weighted by Crippen LogP contribution is 2.32. The second-order valence-corrected chi connectivity index (χ2v) is 4.92. The van der Waals surface area contributed by atoms with Gasteiger partial charge in [-0.1, -0.05) is 24.3 Å². The van der Waals surface area contributed by atoms with E-state index in [1.807, 2.05) is 12.3 Å². The summed E-state index contributed by atoms with van der Waals surface area (Å²) < 4.78 is 0. The van der Waals surface area contributed by atoms with Crippen LogP contribution in [0.2, 0.25) is 0 Å². The lowest BCUT2D eigenvalue weighted by atomic mass is 9.98. The Morgan fingerprint density at radius 3 is 3.00 bits per heavy atom.